The number of rotatable bonds is 11. The van der Waals surface area contributed by atoms with Crippen LogP contribution in [0.3, 0.4) is 0 Å². The highest BCUT2D eigenvalue weighted by atomic mass is 35.5. The van der Waals surface area contributed by atoms with E-state index < -0.39 is 0 Å². The summed E-state index contributed by atoms with van der Waals surface area (Å²) in [5.41, 5.74) is 2.70. The topological polar surface area (TPSA) is 77.5 Å². The average Bonchev–Trinajstić information content (AvgIpc) is 3.14. The van der Waals surface area contributed by atoms with Gasteiger partial charge in [0.2, 0.25) is 0 Å². The number of halogens is 2. The van der Waals surface area contributed by atoms with E-state index in [2.05, 4.69) is 0 Å². The maximum Gasteiger partial charge on any atom is 0.309 e. The Bertz CT molecular complexity index is 971. The Balaban J connectivity index is 0.00000408. The molecule has 2 aromatic rings. The fourth-order valence-electron chi connectivity index (χ4n) is 4.26. The highest BCUT2D eigenvalue weighted by Crippen LogP contribution is 2.36. The summed E-state index contributed by atoms with van der Waals surface area (Å²) in [4.78, 5) is 14.6. The average molecular weight is 514 g/mol. The van der Waals surface area contributed by atoms with Crippen molar-refractivity contribution in [2.75, 3.05) is 47.4 Å². The van der Waals surface area contributed by atoms with E-state index in [-0.39, 0.29) is 36.0 Å². The maximum absolute atomic E-state index is 12.6. The predicted octanol–water partition coefficient (Wildman–Crippen LogP) is 4.08. The fraction of sp³-hybridized carbons (Fsp3) is 0.480. The molecule has 2 atom stereocenters. The van der Waals surface area contributed by atoms with Gasteiger partial charge in [-0.15, -0.1) is 24.0 Å². The number of hydrogen-bond donors (Lipinski definition) is 1. The first-order valence-corrected chi connectivity index (χ1v) is 11.4. The Labute approximate surface area is 212 Å². The lowest BCUT2D eigenvalue weighted by atomic mass is 9.84. The third kappa shape index (κ3) is 6.62. The van der Waals surface area contributed by atoms with Crippen molar-refractivity contribution in [1.29, 1.82) is 0 Å². The Kier molecular flexibility index (Phi) is 10.6. The number of phenolic OH excluding ortho intramolecular Hbond substituents is 1. The Morgan fingerprint density at radius 1 is 1.03 bits per heavy atom. The van der Waals surface area contributed by atoms with Crippen molar-refractivity contribution in [1.82, 2.24) is 4.90 Å². The molecule has 3 rings (SSSR count). The quantitative estimate of drug-likeness (QED) is 0.358. The number of ether oxygens (including phenoxy) is 4. The number of esters is 1. The van der Waals surface area contributed by atoms with E-state index >= 15 is 0 Å². The van der Waals surface area contributed by atoms with E-state index in [1.807, 2.05) is 36.2 Å². The number of aromatic hydroxyl groups is 1. The van der Waals surface area contributed by atoms with Gasteiger partial charge in [-0.1, -0.05) is 12.1 Å². The van der Waals surface area contributed by atoms with Crippen LogP contribution in [0.2, 0.25) is 0 Å². The molecule has 2 aromatic carbocycles. The second-order valence-electron chi connectivity index (χ2n) is 8.33. The molecule has 1 saturated heterocycles. The summed E-state index contributed by atoms with van der Waals surface area (Å²) in [7, 11) is 6.67. The second kappa shape index (κ2) is 12.9. The van der Waals surface area contributed by atoms with Crippen LogP contribution in [-0.4, -0.2) is 63.4 Å². The molecule has 0 bridgehead atoms. The Morgan fingerprint density at radius 3 is 2.35 bits per heavy atom. The van der Waals surface area contributed by atoms with Crippen LogP contribution in [0, 0.1) is 11.8 Å². The highest BCUT2D eigenvalue weighted by molar-refractivity contribution is 6.18. The molecule has 0 aliphatic carbocycles. The summed E-state index contributed by atoms with van der Waals surface area (Å²) in [5.74, 6) is 1.86. The number of alkyl halides is 1. The van der Waals surface area contributed by atoms with Gasteiger partial charge in [-0.25, -0.2) is 0 Å². The van der Waals surface area contributed by atoms with Gasteiger partial charge in [0.15, 0.2) is 23.0 Å². The molecule has 1 fully saturated rings. The van der Waals surface area contributed by atoms with Gasteiger partial charge in [0.25, 0.3) is 0 Å². The van der Waals surface area contributed by atoms with E-state index in [9.17, 15) is 9.90 Å². The third-order valence-corrected chi connectivity index (χ3v) is 6.22. The maximum atomic E-state index is 12.6. The molecule has 0 aromatic heterocycles. The van der Waals surface area contributed by atoms with E-state index in [4.69, 9.17) is 30.5 Å². The monoisotopic (exact) mass is 513 g/mol. The van der Waals surface area contributed by atoms with Gasteiger partial charge in [-0.2, -0.15) is 0 Å². The number of carbonyl (C=O) groups excluding carboxylic acids is 1. The molecule has 1 N–H and O–H groups in total. The molecule has 0 saturated carbocycles. The van der Waals surface area contributed by atoms with Gasteiger partial charge < -0.3 is 29.0 Å². The van der Waals surface area contributed by atoms with Gasteiger partial charge in [0.05, 0.1) is 33.9 Å². The van der Waals surface area contributed by atoms with E-state index in [0.717, 1.165) is 16.7 Å². The third-order valence-electron chi connectivity index (χ3n) is 6.05. The molecule has 1 aliphatic rings. The van der Waals surface area contributed by atoms with Gasteiger partial charge in [-0.3, -0.25) is 4.79 Å². The van der Waals surface area contributed by atoms with Crippen LogP contribution in [0.25, 0.3) is 0 Å². The second-order valence-corrected chi connectivity index (χ2v) is 8.70. The minimum Gasteiger partial charge on any atom is -0.504 e. The van der Waals surface area contributed by atoms with Crippen LogP contribution in [0.4, 0.5) is 0 Å². The van der Waals surface area contributed by atoms with Crippen molar-refractivity contribution in [2.45, 2.75) is 19.4 Å². The van der Waals surface area contributed by atoms with Crippen molar-refractivity contribution in [2.24, 2.45) is 11.8 Å². The van der Waals surface area contributed by atoms with Crippen LogP contribution < -0.4 is 14.2 Å². The molecule has 0 amide bonds. The van der Waals surface area contributed by atoms with Crippen LogP contribution >= 0.6 is 24.0 Å². The SMILES string of the molecule is COc1ccc(CC2COC(=O)C2Cc2cc(CN(C)CCCl)c(O)c(OC)c2)cc1OC.Cl. The first-order valence-electron chi connectivity index (χ1n) is 10.9. The molecule has 1 aliphatic heterocycles. The molecule has 34 heavy (non-hydrogen) atoms. The Hall–Kier alpha value is -2.35. The standard InChI is InChI=1S/C25H32ClNO6.ClH/c1-27(8-7-26)14-18-10-17(13-23(32-4)24(18)28)11-20-19(15-33-25(20)29)9-16-5-6-21(30-2)22(12-16)31-3;/h5-6,10,12-13,19-20,28H,7-9,11,14-15H2,1-4H3;1H. The van der Waals surface area contributed by atoms with Crippen LogP contribution in [-0.2, 0) is 28.9 Å². The van der Waals surface area contributed by atoms with E-state index in [0.29, 0.717) is 55.7 Å². The molecule has 188 valence electrons. The molecular formula is C25H33Cl2NO6. The van der Waals surface area contributed by atoms with Crippen molar-refractivity contribution >= 4 is 30.0 Å². The minimum absolute atomic E-state index is 0. The lowest BCUT2D eigenvalue weighted by Gasteiger charge is -2.20. The minimum atomic E-state index is -0.291. The highest BCUT2D eigenvalue weighted by Gasteiger charge is 2.37. The number of carbonyl (C=O) groups is 1. The van der Waals surface area contributed by atoms with Gasteiger partial charge in [-0.05, 0) is 49.2 Å². The molecule has 2 unspecified atom stereocenters. The van der Waals surface area contributed by atoms with E-state index in [1.165, 1.54) is 7.11 Å². The summed E-state index contributed by atoms with van der Waals surface area (Å²) < 4.78 is 21.6. The smallest absolute Gasteiger partial charge is 0.309 e. The molecule has 9 heteroatoms. The molecule has 1 heterocycles. The van der Waals surface area contributed by atoms with Crippen molar-refractivity contribution < 1.29 is 28.8 Å². The molecule has 7 nitrogen and oxygen atoms in total. The largest absolute Gasteiger partial charge is 0.504 e. The summed E-state index contributed by atoms with van der Waals surface area (Å²) >= 11 is 5.85. The first kappa shape index (κ1) is 27.9. The van der Waals surface area contributed by atoms with Gasteiger partial charge >= 0.3 is 5.97 Å². The van der Waals surface area contributed by atoms with Crippen LogP contribution in [0.1, 0.15) is 16.7 Å². The van der Waals surface area contributed by atoms with Gasteiger partial charge in [0, 0.05) is 30.5 Å². The van der Waals surface area contributed by atoms with Crippen molar-refractivity contribution in [3.63, 3.8) is 0 Å². The zero-order valence-corrected chi connectivity index (χ0v) is 21.6. The fourth-order valence-corrected chi connectivity index (χ4v) is 4.55. The number of cyclic esters (lactones) is 1. The summed E-state index contributed by atoms with van der Waals surface area (Å²) in [5, 5.41) is 10.6. The molecular weight excluding hydrogens is 481 g/mol. The molecule has 0 radical (unpaired) electrons. The lowest BCUT2D eigenvalue weighted by molar-refractivity contribution is -0.141. The first-order chi connectivity index (χ1) is 15.9. The lowest BCUT2D eigenvalue weighted by Crippen LogP contribution is -2.22. The van der Waals surface area contributed by atoms with Gasteiger partial charge in [0.1, 0.15) is 0 Å². The number of benzene rings is 2. The summed E-state index contributed by atoms with van der Waals surface area (Å²) in [6.45, 7) is 1.58. The van der Waals surface area contributed by atoms with Crippen molar-refractivity contribution in [3.8, 4) is 23.0 Å². The van der Waals surface area contributed by atoms with Crippen LogP contribution in [0.5, 0.6) is 23.0 Å². The number of methoxy groups -OCH3 is 3. The zero-order chi connectivity index (χ0) is 24.0. The number of phenols is 1. The molecule has 0 spiro atoms. The van der Waals surface area contributed by atoms with E-state index in [1.54, 1.807) is 20.3 Å². The zero-order valence-electron chi connectivity index (χ0n) is 20.0. The number of hydrogen-bond acceptors (Lipinski definition) is 7. The Morgan fingerprint density at radius 2 is 1.71 bits per heavy atom. The normalized spacial score (nSPS) is 17.3. The number of nitrogens with zero attached hydrogens (tertiary/aromatic N) is 1. The van der Waals surface area contributed by atoms with Crippen LogP contribution in [0.15, 0.2) is 30.3 Å². The van der Waals surface area contributed by atoms with Crippen molar-refractivity contribution in [3.05, 3.63) is 47.0 Å². The predicted molar refractivity (Wildman–Crippen MR) is 134 cm³/mol. The summed E-state index contributed by atoms with van der Waals surface area (Å²) in [6.07, 6.45) is 1.18. The summed E-state index contributed by atoms with van der Waals surface area (Å²) in [6, 6.07) is 9.51.